The van der Waals surface area contributed by atoms with Gasteiger partial charge in [0.2, 0.25) is 5.91 Å². The maximum absolute atomic E-state index is 11.2. The van der Waals surface area contributed by atoms with Gasteiger partial charge < -0.3 is 5.73 Å². The standard InChI is InChI=1S/C9H12NO2/c10-8(12)9-2-1-6(4-9)3-7(11)5-9/h4,6H,1-3,5H2,(H2,10,12). The average Bonchev–Trinajstić information content (AvgIpc) is 2.28. The van der Waals surface area contributed by atoms with Gasteiger partial charge in [-0.1, -0.05) is 0 Å². The minimum absolute atomic E-state index is 0.193. The molecule has 2 aliphatic rings. The zero-order chi connectivity index (χ0) is 8.77. The zero-order valence-corrected chi connectivity index (χ0v) is 6.88. The second-order valence-electron chi connectivity index (χ2n) is 3.91. The van der Waals surface area contributed by atoms with E-state index in [0.717, 1.165) is 12.8 Å². The third kappa shape index (κ3) is 0.958. The Labute approximate surface area is 71.3 Å². The second-order valence-corrected chi connectivity index (χ2v) is 3.91. The van der Waals surface area contributed by atoms with Gasteiger partial charge in [0.1, 0.15) is 5.78 Å². The predicted octanol–water partition coefficient (Wildman–Crippen LogP) is 0.435. The molecule has 2 fully saturated rings. The minimum Gasteiger partial charge on any atom is -0.369 e. The molecule has 2 unspecified atom stereocenters. The van der Waals surface area contributed by atoms with Gasteiger partial charge in [-0.15, -0.1) is 0 Å². The molecule has 0 aromatic rings. The first-order chi connectivity index (χ1) is 5.62. The lowest BCUT2D eigenvalue weighted by atomic mass is 9.75. The van der Waals surface area contributed by atoms with Crippen LogP contribution in [-0.4, -0.2) is 11.7 Å². The maximum Gasteiger partial charge on any atom is 0.224 e. The van der Waals surface area contributed by atoms with E-state index in [-0.39, 0.29) is 11.7 Å². The lowest BCUT2D eigenvalue weighted by molar-refractivity contribution is -0.132. The number of hydrogen-bond acceptors (Lipinski definition) is 2. The normalized spacial score (nSPS) is 40.0. The predicted molar refractivity (Wildman–Crippen MR) is 42.9 cm³/mol. The molecule has 2 saturated carbocycles. The van der Waals surface area contributed by atoms with Gasteiger partial charge in [0.05, 0.1) is 5.41 Å². The summed E-state index contributed by atoms with van der Waals surface area (Å²) in [5, 5.41) is 0. The van der Waals surface area contributed by atoms with Crippen molar-refractivity contribution in [3.8, 4) is 0 Å². The number of nitrogens with two attached hydrogens (primary N) is 1. The van der Waals surface area contributed by atoms with Crippen LogP contribution >= 0.6 is 0 Å². The Morgan fingerprint density at radius 3 is 3.08 bits per heavy atom. The molecule has 0 spiro atoms. The molecule has 12 heavy (non-hydrogen) atoms. The Balaban J connectivity index is 2.27. The Morgan fingerprint density at radius 2 is 2.42 bits per heavy atom. The molecular weight excluding hydrogens is 154 g/mol. The van der Waals surface area contributed by atoms with Gasteiger partial charge in [-0.3, -0.25) is 9.59 Å². The number of amides is 1. The van der Waals surface area contributed by atoms with Crippen LogP contribution in [0.2, 0.25) is 0 Å². The smallest absolute Gasteiger partial charge is 0.224 e. The van der Waals surface area contributed by atoms with Crippen molar-refractivity contribution in [3.05, 3.63) is 6.42 Å². The number of carbonyl (C=O) groups is 2. The fourth-order valence-corrected chi connectivity index (χ4v) is 2.38. The summed E-state index contributed by atoms with van der Waals surface area (Å²) < 4.78 is 0. The average molecular weight is 166 g/mol. The molecule has 3 nitrogen and oxygen atoms in total. The van der Waals surface area contributed by atoms with E-state index in [0.29, 0.717) is 18.8 Å². The summed E-state index contributed by atoms with van der Waals surface area (Å²) in [4.78, 5) is 22.3. The van der Waals surface area contributed by atoms with Crippen molar-refractivity contribution >= 4 is 11.7 Å². The maximum atomic E-state index is 11.2. The van der Waals surface area contributed by atoms with Crippen molar-refractivity contribution in [2.45, 2.75) is 25.7 Å². The van der Waals surface area contributed by atoms with E-state index >= 15 is 0 Å². The van der Waals surface area contributed by atoms with Crippen LogP contribution in [0, 0.1) is 17.8 Å². The van der Waals surface area contributed by atoms with E-state index in [1.165, 1.54) is 0 Å². The lowest BCUT2D eigenvalue weighted by Gasteiger charge is -2.28. The highest BCUT2D eigenvalue weighted by atomic mass is 16.1. The quantitative estimate of drug-likeness (QED) is 0.614. The van der Waals surface area contributed by atoms with Gasteiger partial charge in [0.25, 0.3) is 0 Å². The van der Waals surface area contributed by atoms with Crippen molar-refractivity contribution < 1.29 is 9.59 Å². The summed E-state index contributed by atoms with van der Waals surface area (Å²) in [7, 11) is 0. The summed E-state index contributed by atoms with van der Waals surface area (Å²) in [6.07, 6.45) is 4.69. The number of hydrogen-bond donors (Lipinski definition) is 1. The minimum atomic E-state index is -0.569. The highest BCUT2D eigenvalue weighted by molar-refractivity contribution is 5.92. The molecule has 2 aliphatic carbocycles. The first-order valence-electron chi connectivity index (χ1n) is 4.30. The van der Waals surface area contributed by atoms with Gasteiger partial charge in [-0.25, -0.2) is 0 Å². The molecule has 1 amide bonds. The number of carbonyl (C=O) groups excluding carboxylic acids is 2. The number of primary amides is 1. The molecule has 0 aliphatic heterocycles. The third-order valence-corrected chi connectivity index (χ3v) is 3.01. The molecule has 2 atom stereocenters. The van der Waals surface area contributed by atoms with Crippen LogP contribution in [0.15, 0.2) is 0 Å². The van der Waals surface area contributed by atoms with Crippen LogP contribution in [0.1, 0.15) is 25.7 Å². The van der Waals surface area contributed by atoms with Crippen LogP contribution in [0.4, 0.5) is 0 Å². The highest BCUT2D eigenvalue weighted by Gasteiger charge is 2.49. The van der Waals surface area contributed by atoms with Gasteiger partial charge in [-0.2, -0.15) is 0 Å². The number of Topliss-reactive ketones (excluding diaryl/α,β-unsaturated/α-hetero) is 1. The van der Waals surface area contributed by atoms with Gasteiger partial charge in [-0.05, 0) is 25.2 Å². The molecular formula is C9H12NO2. The SMILES string of the molecule is NC(=O)C12[CH]C(CC1)CC(=O)C2. The van der Waals surface area contributed by atoms with E-state index < -0.39 is 5.41 Å². The molecule has 1 radical (unpaired) electrons. The van der Waals surface area contributed by atoms with Crippen LogP contribution in [-0.2, 0) is 9.59 Å². The first kappa shape index (κ1) is 7.77. The van der Waals surface area contributed by atoms with Crippen molar-refractivity contribution in [2.75, 3.05) is 0 Å². The van der Waals surface area contributed by atoms with Crippen LogP contribution < -0.4 is 5.73 Å². The Morgan fingerprint density at radius 1 is 1.67 bits per heavy atom. The molecule has 0 aromatic carbocycles. The molecule has 0 saturated heterocycles. The summed E-state index contributed by atoms with van der Waals surface area (Å²) >= 11 is 0. The summed E-state index contributed by atoms with van der Waals surface area (Å²) in [5.74, 6) is 0.190. The number of ketones is 1. The fourth-order valence-electron chi connectivity index (χ4n) is 2.38. The van der Waals surface area contributed by atoms with Gasteiger partial charge in [0, 0.05) is 12.8 Å². The van der Waals surface area contributed by atoms with Gasteiger partial charge in [0.15, 0.2) is 0 Å². The van der Waals surface area contributed by atoms with E-state index in [1.807, 2.05) is 6.42 Å². The fraction of sp³-hybridized carbons (Fsp3) is 0.667. The van der Waals surface area contributed by atoms with E-state index in [1.54, 1.807) is 0 Å². The monoisotopic (exact) mass is 166 g/mol. The summed E-state index contributed by atoms with van der Waals surface area (Å²) in [5.41, 5.74) is 4.71. The Bertz CT molecular complexity index is 249. The molecule has 2 bridgehead atoms. The lowest BCUT2D eigenvalue weighted by Crippen LogP contribution is -2.39. The highest BCUT2D eigenvalue weighted by Crippen LogP contribution is 2.48. The largest absolute Gasteiger partial charge is 0.369 e. The molecule has 2 N–H and O–H groups in total. The van der Waals surface area contributed by atoms with Crippen molar-refractivity contribution in [3.63, 3.8) is 0 Å². The molecule has 0 heterocycles. The summed E-state index contributed by atoms with van der Waals surface area (Å²) in [6, 6.07) is 0. The van der Waals surface area contributed by atoms with Crippen LogP contribution in [0.3, 0.4) is 0 Å². The van der Waals surface area contributed by atoms with Crippen molar-refractivity contribution in [1.29, 1.82) is 0 Å². The topological polar surface area (TPSA) is 60.2 Å². The molecule has 65 valence electrons. The molecule has 3 heteroatoms. The Hall–Kier alpha value is -0.860. The van der Waals surface area contributed by atoms with Crippen molar-refractivity contribution in [2.24, 2.45) is 17.1 Å². The zero-order valence-electron chi connectivity index (χ0n) is 6.88. The van der Waals surface area contributed by atoms with E-state index in [4.69, 9.17) is 5.73 Å². The third-order valence-electron chi connectivity index (χ3n) is 3.01. The number of fused-ring (bicyclic) bond motifs is 2. The van der Waals surface area contributed by atoms with E-state index in [9.17, 15) is 9.59 Å². The number of rotatable bonds is 1. The summed E-state index contributed by atoms with van der Waals surface area (Å²) in [6.45, 7) is 0. The van der Waals surface area contributed by atoms with Crippen LogP contribution in [0.25, 0.3) is 0 Å². The second kappa shape index (κ2) is 2.31. The van der Waals surface area contributed by atoms with E-state index in [2.05, 4.69) is 0 Å². The Kier molecular flexibility index (Phi) is 1.50. The van der Waals surface area contributed by atoms with Crippen LogP contribution in [0.5, 0.6) is 0 Å². The molecule has 0 aromatic heterocycles. The first-order valence-corrected chi connectivity index (χ1v) is 4.30. The van der Waals surface area contributed by atoms with Gasteiger partial charge >= 0.3 is 0 Å². The van der Waals surface area contributed by atoms with Crippen molar-refractivity contribution in [1.82, 2.24) is 0 Å². The molecule has 2 rings (SSSR count).